The molecular weight excluding hydrogens is 172 g/mol. The summed E-state index contributed by atoms with van der Waals surface area (Å²) >= 11 is 0. The van der Waals surface area contributed by atoms with Crippen LogP contribution in [0.3, 0.4) is 0 Å². The molecular formula is C13H24O. The Labute approximate surface area is 88.3 Å². The molecule has 0 unspecified atom stereocenters. The van der Waals surface area contributed by atoms with Gasteiger partial charge in [0, 0.05) is 6.42 Å². The molecule has 0 aromatic rings. The number of aldehydes is 1. The van der Waals surface area contributed by atoms with Crippen LogP contribution in [-0.2, 0) is 4.79 Å². The lowest BCUT2D eigenvalue weighted by atomic mass is 9.75. The zero-order valence-corrected chi connectivity index (χ0v) is 9.67. The fraction of sp³-hybridized carbons (Fsp3) is 0.923. The quantitative estimate of drug-likeness (QED) is 0.482. The fourth-order valence-electron chi connectivity index (χ4n) is 2.63. The van der Waals surface area contributed by atoms with Crippen molar-refractivity contribution in [2.75, 3.05) is 0 Å². The highest BCUT2D eigenvalue weighted by atomic mass is 16.1. The molecule has 0 atom stereocenters. The van der Waals surface area contributed by atoms with E-state index in [1.54, 1.807) is 0 Å². The van der Waals surface area contributed by atoms with E-state index in [4.69, 9.17) is 0 Å². The molecule has 0 bridgehead atoms. The average molecular weight is 196 g/mol. The second-order valence-corrected chi connectivity index (χ2v) is 5.12. The van der Waals surface area contributed by atoms with Crippen molar-refractivity contribution in [1.82, 2.24) is 0 Å². The SMILES string of the molecule is CC(C)C1CCC(CCCC=O)CC1. The normalized spacial score (nSPS) is 27.9. The Hall–Kier alpha value is -0.330. The largest absolute Gasteiger partial charge is 0.303 e. The van der Waals surface area contributed by atoms with Gasteiger partial charge in [-0.05, 0) is 37.0 Å². The Kier molecular flexibility index (Phi) is 5.21. The lowest BCUT2D eigenvalue weighted by Gasteiger charge is -2.30. The van der Waals surface area contributed by atoms with Crippen LogP contribution < -0.4 is 0 Å². The summed E-state index contributed by atoms with van der Waals surface area (Å²) in [5.41, 5.74) is 0. The lowest BCUT2D eigenvalue weighted by Crippen LogP contribution is -2.18. The Morgan fingerprint density at radius 1 is 1.21 bits per heavy atom. The first kappa shape index (κ1) is 11.7. The maximum absolute atomic E-state index is 10.2. The number of carbonyl (C=O) groups is 1. The minimum absolute atomic E-state index is 0.768. The summed E-state index contributed by atoms with van der Waals surface area (Å²) in [6, 6.07) is 0. The van der Waals surface area contributed by atoms with Gasteiger partial charge in [-0.25, -0.2) is 0 Å². The molecule has 0 spiro atoms. The first-order chi connectivity index (χ1) is 6.74. The molecule has 1 fully saturated rings. The van der Waals surface area contributed by atoms with E-state index in [0.717, 1.165) is 36.9 Å². The van der Waals surface area contributed by atoms with Crippen molar-refractivity contribution in [2.24, 2.45) is 17.8 Å². The third-order valence-corrected chi connectivity index (χ3v) is 3.77. The van der Waals surface area contributed by atoms with Gasteiger partial charge >= 0.3 is 0 Å². The monoisotopic (exact) mass is 196 g/mol. The van der Waals surface area contributed by atoms with Crippen molar-refractivity contribution < 1.29 is 4.79 Å². The predicted molar refractivity (Wildman–Crippen MR) is 60.2 cm³/mol. The average Bonchev–Trinajstić information content (AvgIpc) is 2.19. The van der Waals surface area contributed by atoms with Crippen LogP contribution in [0.2, 0.25) is 0 Å². The van der Waals surface area contributed by atoms with Gasteiger partial charge in [0.1, 0.15) is 6.29 Å². The van der Waals surface area contributed by atoms with E-state index in [1.807, 2.05) is 0 Å². The predicted octanol–water partition coefficient (Wildman–Crippen LogP) is 3.82. The van der Waals surface area contributed by atoms with Crippen molar-refractivity contribution in [1.29, 1.82) is 0 Å². The van der Waals surface area contributed by atoms with Gasteiger partial charge in [-0.2, -0.15) is 0 Å². The molecule has 1 heteroatoms. The van der Waals surface area contributed by atoms with Gasteiger partial charge in [0.25, 0.3) is 0 Å². The number of rotatable bonds is 5. The fourth-order valence-corrected chi connectivity index (χ4v) is 2.63. The molecule has 0 saturated heterocycles. The molecule has 1 nitrogen and oxygen atoms in total. The summed E-state index contributed by atoms with van der Waals surface area (Å²) in [4.78, 5) is 10.2. The van der Waals surface area contributed by atoms with Crippen LogP contribution in [-0.4, -0.2) is 6.29 Å². The highest BCUT2D eigenvalue weighted by molar-refractivity contribution is 5.48. The molecule has 0 aromatic heterocycles. The molecule has 0 radical (unpaired) electrons. The molecule has 1 aliphatic carbocycles. The second kappa shape index (κ2) is 6.21. The maximum atomic E-state index is 10.2. The van der Waals surface area contributed by atoms with Gasteiger partial charge < -0.3 is 4.79 Å². The minimum Gasteiger partial charge on any atom is -0.303 e. The molecule has 1 rings (SSSR count). The summed E-state index contributed by atoms with van der Waals surface area (Å²) in [6.45, 7) is 4.69. The summed E-state index contributed by atoms with van der Waals surface area (Å²) in [6.07, 6.45) is 9.87. The number of hydrogen-bond donors (Lipinski definition) is 0. The molecule has 0 aromatic carbocycles. The van der Waals surface area contributed by atoms with Gasteiger partial charge in [0.15, 0.2) is 0 Å². The number of hydrogen-bond acceptors (Lipinski definition) is 1. The van der Waals surface area contributed by atoms with Crippen LogP contribution in [0.5, 0.6) is 0 Å². The van der Waals surface area contributed by atoms with Crippen LogP contribution in [0.25, 0.3) is 0 Å². The van der Waals surface area contributed by atoms with Gasteiger partial charge in [-0.3, -0.25) is 0 Å². The van der Waals surface area contributed by atoms with Crippen LogP contribution in [0.4, 0.5) is 0 Å². The Bertz CT molecular complexity index is 155. The molecule has 0 heterocycles. The van der Waals surface area contributed by atoms with E-state index in [9.17, 15) is 4.79 Å². The molecule has 82 valence electrons. The van der Waals surface area contributed by atoms with E-state index in [-0.39, 0.29) is 0 Å². The van der Waals surface area contributed by atoms with Crippen molar-refractivity contribution in [3.63, 3.8) is 0 Å². The first-order valence-corrected chi connectivity index (χ1v) is 6.17. The minimum atomic E-state index is 0.768. The summed E-state index contributed by atoms with van der Waals surface area (Å²) < 4.78 is 0. The van der Waals surface area contributed by atoms with Crippen LogP contribution in [0.15, 0.2) is 0 Å². The third kappa shape index (κ3) is 3.81. The zero-order valence-electron chi connectivity index (χ0n) is 9.67. The summed E-state index contributed by atoms with van der Waals surface area (Å²) in [5.74, 6) is 2.76. The maximum Gasteiger partial charge on any atom is 0.119 e. The summed E-state index contributed by atoms with van der Waals surface area (Å²) in [5, 5.41) is 0. The Balaban J connectivity index is 2.12. The van der Waals surface area contributed by atoms with Gasteiger partial charge in [-0.1, -0.05) is 33.1 Å². The van der Waals surface area contributed by atoms with Crippen LogP contribution in [0, 0.1) is 17.8 Å². The van der Waals surface area contributed by atoms with E-state index >= 15 is 0 Å². The standard InChI is InChI=1S/C13H24O/c1-11(2)13-8-6-12(7-9-13)5-3-4-10-14/h10-13H,3-9H2,1-2H3. The highest BCUT2D eigenvalue weighted by Crippen LogP contribution is 2.35. The van der Waals surface area contributed by atoms with Gasteiger partial charge in [-0.15, -0.1) is 0 Å². The number of carbonyl (C=O) groups excluding carboxylic acids is 1. The Morgan fingerprint density at radius 2 is 1.86 bits per heavy atom. The summed E-state index contributed by atoms with van der Waals surface area (Å²) in [7, 11) is 0. The topological polar surface area (TPSA) is 17.1 Å². The highest BCUT2D eigenvalue weighted by Gasteiger charge is 2.22. The lowest BCUT2D eigenvalue weighted by molar-refractivity contribution is -0.108. The second-order valence-electron chi connectivity index (χ2n) is 5.12. The van der Waals surface area contributed by atoms with Gasteiger partial charge in [0.2, 0.25) is 0 Å². The molecule has 1 saturated carbocycles. The molecule has 0 N–H and O–H groups in total. The number of unbranched alkanes of at least 4 members (excludes halogenated alkanes) is 1. The van der Waals surface area contributed by atoms with Gasteiger partial charge in [0.05, 0.1) is 0 Å². The van der Waals surface area contributed by atoms with Crippen molar-refractivity contribution >= 4 is 6.29 Å². The molecule has 0 aliphatic heterocycles. The van der Waals surface area contributed by atoms with Crippen molar-refractivity contribution in [3.05, 3.63) is 0 Å². The Morgan fingerprint density at radius 3 is 2.36 bits per heavy atom. The molecule has 1 aliphatic rings. The van der Waals surface area contributed by atoms with Crippen LogP contribution >= 0.6 is 0 Å². The van der Waals surface area contributed by atoms with E-state index in [1.165, 1.54) is 32.1 Å². The zero-order chi connectivity index (χ0) is 10.4. The first-order valence-electron chi connectivity index (χ1n) is 6.17. The van der Waals surface area contributed by atoms with E-state index in [2.05, 4.69) is 13.8 Å². The van der Waals surface area contributed by atoms with Crippen molar-refractivity contribution in [2.45, 2.75) is 58.8 Å². The van der Waals surface area contributed by atoms with Crippen LogP contribution in [0.1, 0.15) is 58.8 Å². The molecule has 14 heavy (non-hydrogen) atoms. The van der Waals surface area contributed by atoms with E-state index < -0.39 is 0 Å². The smallest absolute Gasteiger partial charge is 0.119 e. The third-order valence-electron chi connectivity index (χ3n) is 3.77. The van der Waals surface area contributed by atoms with Crippen molar-refractivity contribution in [3.8, 4) is 0 Å². The van der Waals surface area contributed by atoms with E-state index in [0.29, 0.717) is 0 Å². The molecule has 0 amide bonds.